The van der Waals surface area contributed by atoms with E-state index in [2.05, 4.69) is 40.4 Å². The van der Waals surface area contributed by atoms with Gasteiger partial charge in [-0.2, -0.15) is 0 Å². The third kappa shape index (κ3) is 5.71. The molecule has 3 aromatic heterocycles. The van der Waals surface area contributed by atoms with E-state index < -0.39 is 0 Å². The van der Waals surface area contributed by atoms with Crippen molar-refractivity contribution in [3.63, 3.8) is 0 Å². The van der Waals surface area contributed by atoms with Gasteiger partial charge in [-0.1, -0.05) is 29.8 Å². The number of halogens is 1. The smallest absolute Gasteiger partial charge is 0.214 e. The molecule has 6 rings (SSSR count). The van der Waals surface area contributed by atoms with Crippen molar-refractivity contribution in [3.8, 4) is 5.82 Å². The molecule has 11 nitrogen and oxygen atoms in total. The summed E-state index contributed by atoms with van der Waals surface area (Å²) in [6, 6.07) is 15.7. The first kappa shape index (κ1) is 27.8. The van der Waals surface area contributed by atoms with E-state index in [-0.39, 0.29) is 6.61 Å². The van der Waals surface area contributed by atoms with E-state index in [4.69, 9.17) is 16.6 Å². The molecule has 0 aliphatic carbocycles. The summed E-state index contributed by atoms with van der Waals surface area (Å²) in [6.45, 7) is 10.2. The molecule has 0 atom stereocenters. The number of rotatable bonds is 8. The lowest BCUT2D eigenvalue weighted by molar-refractivity contribution is 0.188. The standard InChI is InChI=1S/C30H33ClN10O/c1-19-8-9-22(31)20(2)29(19)38-30-36-23-6-4-5-7-24(23)41(30)27-16-25(32-18-33-27)37-26-17-28(35-21(3)34-26)40-12-10-39(11-13-40)14-15-42/h4-9,16-18,42H,10-15H2,1-3H3,(H,36,38)(H,32,33,34,35,37). The number of piperazine rings is 1. The van der Waals surface area contributed by atoms with Crippen LogP contribution < -0.4 is 15.5 Å². The zero-order valence-corrected chi connectivity index (χ0v) is 24.6. The van der Waals surface area contributed by atoms with E-state index in [9.17, 15) is 5.11 Å². The van der Waals surface area contributed by atoms with Crippen LogP contribution in [0.4, 0.5) is 29.1 Å². The zero-order valence-electron chi connectivity index (χ0n) is 23.8. The van der Waals surface area contributed by atoms with Crippen LogP contribution in [-0.2, 0) is 0 Å². The van der Waals surface area contributed by atoms with Crippen molar-refractivity contribution in [3.05, 3.63) is 76.8 Å². The number of hydrogen-bond acceptors (Lipinski definition) is 10. The van der Waals surface area contributed by atoms with E-state index in [1.165, 1.54) is 6.33 Å². The van der Waals surface area contributed by atoms with Crippen molar-refractivity contribution in [2.75, 3.05) is 54.9 Å². The van der Waals surface area contributed by atoms with Gasteiger partial charge in [-0.25, -0.2) is 24.9 Å². The van der Waals surface area contributed by atoms with Crippen molar-refractivity contribution in [1.82, 2.24) is 34.4 Å². The van der Waals surface area contributed by atoms with Crippen LogP contribution in [-0.4, -0.2) is 78.8 Å². The summed E-state index contributed by atoms with van der Waals surface area (Å²) in [4.78, 5) is 27.8. The van der Waals surface area contributed by atoms with Crippen LogP contribution >= 0.6 is 11.6 Å². The Kier molecular flexibility index (Phi) is 7.88. The maximum absolute atomic E-state index is 9.25. The number of para-hydroxylation sites is 2. The molecule has 0 spiro atoms. The lowest BCUT2D eigenvalue weighted by Crippen LogP contribution is -2.47. The fraction of sp³-hybridized carbons (Fsp3) is 0.300. The van der Waals surface area contributed by atoms with Crippen LogP contribution in [0.25, 0.3) is 16.9 Å². The summed E-state index contributed by atoms with van der Waals surface area (Å²) < 4.78 is 1.98. The first-order valence-electron chi connectivity index (χ1n) is 13.9. The molecule has 4 heterocycles. The molecule has 3 N–H and O–H groups in total. The predicted octanol–water partition coefficient (Wildman–Crippen LogP) is 4.79. The number of nitrogens with zero attached hydrogens (tertiary/aromatic N) is 8. The number of aromatic nitrogens is 6. The van der Waals surface area contributed by atoms with Crippen LogP contribution in [0.15, 0.2) is 54.9 Å². The zero-order chi connectivity index (χ0) is 29.2. The largest absolute Gasteiger partial charge is 0.395 e. The number of imidazole rings is 1. The van der Waals surface area contributed by atoms with E-state index in [0.717, 1.165) is 59.8 Å². The average Bonchev–Trinajstić information content (AvgIpc) is 3.36. The Morgan fingerprint density at radius 2 is 1.64 bits per heavy atom. The minimum absolute atomic E-state index is 0.175. The van der Waals surface area contributed by atoms with Gasteiger partial charge in [-0.3, -0.25) is 9.47 Å². The maximum Gasteiger partial charge on any atom is 0.214 e. The van der Waals surface area contributed by atoms with Crippen LogP contribution in [0.5, 0.6) is 0 Å². The second kappa shape index (κ2) is 11.9. The second-order valence-electron chi connectivity index (χ2n) is 10.3. The van der Waals surface area contributed by atoms with Gasteiger partial charge in [-0.05, 0) is 50.1 Å². The maximum atomic E-state index is 9.25. The molecule has 5 aromatic rings. The van der Waals surface area contributed by atoms with Gasteiger partial charge in [0.2, 0.25) is 5.95 Å². The topological polar surface area (TPSA) is 120 Å². The van der Waals surface area contributed by atoms with E-state index in [1.54, 1.807) is 0 Å². The van der Waals surface area contributed by atoms with Gasteiger partial charge in [-0.15, -0.1) is 0 Å². The van der Waals surface area contributed by atoms with Crippen molar-refractivity contribution >= 4 is 51.7 Å². The minimum Gasteiger partial charge on any atom is -0.395 e. The van der Waals surface area contributed by atoms with E-state index in [1.807, 2.05) is 73.9 Å². The third-order valence-electron chi connectivity index (χ3n) is 7.48. The molecule has 42 heavy (non-hydrogen) atoms. The fourth-order valence-electron chi connectivity index (χ4n) is 5.26. The van der Waals surface area contributed by atoms with Crippen LogP contribution in [0.3, 0.4) is 0 Å². The number of benzene rings is 2. The van der Waals surface area contributed by atoms with Gasteiger partial charge >= 0.3 is 0 Å². The molecule has 0 bridgehead atoms. The van der Waals surface area contributed by atoms with Gasteiger partial charge in [0.1, 0.15) is 35.4 Å². The molecular weight excluding hydrogens is 552 g/mol. The Morgan fingerprint density at radius 1 is 0.857 bits per heavy atom. The number of aliphatic hydroxyl groups is 1. The van der Waals surface area contributed by atoms with Gasteiger partial charge < -0.3 is 20.6 Å². The highest BCUT2D eigenvalue weighted by atomic mass is 35.5. The van der Waals surface area contributed by atoms with Crippen molar-refractivity contribution in [2.24, 2.45) is 0 Å². The number of hydrogen-bond donors (Lipinski definition) is 3. The first-order valence-corrected chi connectivity index (χ1v) is 14.3. The number of nitrogens with one attached hydrogen (secondary N) is 2. The summed E-state index contributed by atoms with van der Waals surface area (Å²) in [7, 11) is 0. The van der Waals surface area contributed by atoms with Crippen LogP contribution in [0.1, 0.15) is 17.0 Å². The van der Waals surface area contributed by atoms with Crippen molar-refractivity contribution in [2.45, 2.75) is 20.8 Å². The first-order chi connectivity index (χ1) is 20.4. The third-order valence-corrected chi connectivity index (χ3v) is 7.89. The molecule has 1 saturated heterocycles. The minimum atomic E-state index is 0.175. The van der Waals surface area contributed by atoms with Gasteiger partial charge in [0.05, 0.1) is 17.6 Å². The summed E-state index contributed by atoms with van der Waals surface area (Å²) in [5.41, 5.74) is 4.66. The summed E-state index contributed by atoms with van der Waals surface area (Å²) >= 11 is 6.46. The molecule has 1 fully saturated rings. The molecule has 2 aromatic carbocycles. The molecule has 1 aliphatic heterocycles. The summed E-state index contributed by atoms with van der Waals surface area (Å²) in [5, 5.41) is 16.8. The van der Waals surface area contributed by atoms with Crippen LogP contribution in [0, 0.1) is 20.8 Å². The normalized spacial score (nSPS) is 14.0. The number of aliphatic hydroxyl groups excluding tert-OH is 1. The van der Waals surface area contributed by atoms with Gasteiger partial charge in [0, 0.05) is 55.6 Å². The number of fused-ring (bicyclic) bond motifs is 1. The number of β-amino-alcohol motifs (C(OH)–C–C–N with tert-alkyl or cyclic N) is 1. The molecule has 1 aliphatic rings. The average molecular weight is 585 g/mol. The molecule has 12 heteroatoms. The molecule has 0 amide bonds. The Hall–Kier alpha value is -4.32. The Morgan fingerprint density at radius 3 is 2.45 bits per heavy atom. The molecule has 0 unspecified atom stereocenters. The highest BCUT2D eigenvalue weighted by molar-refractivity contribution is 6.31. The van der Waals surface area contributed by atoms with Gasteiger partial charge in [0.15, 0.2) is 0 Å². The Bertz CT molecular complexity index is 1730. The monoisotopic (exact) mass is 584 g/mol. The molecule has 0 radical (unpaired) electrons. The highest BCUT2D eigenvalue weighted by Crippen LogP contribution is 2.32. The Labute approximate surface area is 249 Å². The summed E-state index contributed by atoms with van der Waals surface area (Å²) in [5.74, 6) is 4.04. The fourth-order valence-corrected chi connectivity index (χ4v) is 5.41. The van der Waals surface area contributed by atoms with Crippen molar-refractivity contribution in [1.29, 1.82) is 0 Å². The number of aryl methyl sites for hydroxylation is 2. The highest BCUT2D eigenvalue weighted by Gasteiger charge is 2.20. The Balaban J connectivity index is 1.31. The lowest BCUT2D eigenvalue weighted by Gasteiger charge is -2.35. The molecule has 216 valence electrons. The summed E-state index contributed by atoms with van der Waals surface area (Å²) in [6.07, 6.45) is 1.53. The quantitative estimate of drug-likeness (QED) is 0.235. The van der Waals surface area contributed by atoms with E-state index in [0.29, 0.717) is 40.8 Å². The molecular formula is C30H33ClN10O. The van der Waals surface area contributed by atoms with Gasteiger partial charge in [0.25, 0.3) is 0 Å². The molecule has 0 saturated carbocycles. The van der Waals surface area contributed by atoms with Crippen molar-refractivity contribution < 1.29 is 5.11 Å². The lowest BCUT2D eigenvalue weighted by atomic mass is 10.1. The SMILES string of the molecule is Cc1nc(Nc2cc(-n3c(Nc4c(C)ccc(Cl)c4C)nc4ccccc43)ncn2)cc(N2CCN(CCO)CC2)n1. The second-order valence-corrected chi connectivity index (χ2v) is 10.8. The predicted molar refractivity (Wildman–Crippen MR) is 167 cm³/mol. The van der Waals surface area contributed by atoms with E-state index >= 15 is 0 Å². The van der Waals surface area contributed by atoms with Crippen LogP contribution in [0.2, 0.25) is 5.02 Å². The number of anilines is 5.